The number of halogens is 1. The molecular weight excluding hydrogens is 304 g/mol. The summed E-state index contributed by atoms with van der Waals surface area (Å²) in [5, 5.41) is 2.02. The number of pyridine rings is 1. The average molecular weight is 323 g/mol. The summed E-state index contributed by atoms with van der Waals surface area (Å²) in [5.41, 5.74) is 7.94. The second-order valence-electron chi connectivity index (χ2n) is 4.96. The number of rotatable bonds is 5. The van der Waals surface area contributed by atoms with Crippen LogP contribution in [0.25, 0.3) is 10.9 Å². The zero-order chi connectivity index (χ0) is 13.8. The van der Waals surface area contributed by atoms with Crippen molar-refractivity contribution in [3.05, 3.63) is 35.9 Å². The third-order valence-electron chi connectivity index (χ3n) is 2.99. The van der Waals surface area contributed by atoms with Crippen LogP contribution in [0.3, 0.4) is 0 Å². The minimum Gasteiger partial charge on any atom is -0.477 e. The standard InChI is InChI=1S/C15H19BrN2O/c1-10(8-16)9-19-15-6-4-13-7-12(11(2)17)3-5-14(13)18-15/h3-7,10-11H,8-9,17H2,1-2H3. The Morgan fingerprint density at radius 1 is 1.26 bits per heavy atom. The molecule has 1 aromatic heterocycles. The van der Waals surface area contributed by atoms with Crippen molar-refractivity contribution in [1.29, 1.82) is 0 Å². The van der Waals surface area contributed by atoms with E-state index in [9.17, 15) is 0 Å². The van der Waals surface area contributed by atoms with E-state index in [1.54, 1.807) is 0 Å². The van der Waals surface area contributed by atoms with E-state index in [0.29, 0.717) is 18.4 Å². The Balaban J connectivity index is 2.19. The molecule has 0 aliphatic heterocycles. The Hall–Kier alpha value is -1.13. The highest BCUT2D eigenvalue weighted by Crippen LogP contribution is 2.21. The van der Waals surface area contributed by atoms with Crippen LogP contribution in [0.1, 0.15) is 25.5 Å². The largest absolute Gasteiger partial charge is 0.477 e. The molecule has 1 aromatic carbocycles. The molecule has 4 heteroatoms. The van der Waals surface area contributed by atoms with Gasteiger partial charge in [-0.1, -0.05) is 28.9 Å². The average Bonchev–Trinajstić information content (AvgIpc) is 2.43. The molecule has 0 saturated carbocycles. The molecule has 0 aliphatic rings. The van der Waals surface area contributed by atoms with E-state index in [-0.39, 0.29) is 6.04 Å². The Kier molecular flexibility index (Phi) is 4.77. The zero-order valence-corrected chi connectivity index (χ0v) is 12.9. The lowest BCUT2D eigenvalue weighted by atomic mass is 10.1. The van der Waals surface area contributed by atoms with Gasteiger partial charge in [-0.25, -0.2) is 4.98 Å². The third-order valence-corrected chi connectivity index (χ3v) is 4.10. The summed E-state index contributed by atoms with van der Waals surface area (Å²) in [6.07, 6.45) is 0. The monoisotopic (exact) mass is 322 g/mol. The molecule has 2 rings (SSSR count). The first-order chi connectivity index (χ1) is 9.10. The maximum Gasteiger partial charge on any atom is 0.213 e. The first-order valence-corrected chi connectivity index (χ1v) is 7.57. The molecule has 0 amide bonds. The summed E-state index contributed by atoms with van der Waals surface area (Å²) in [5.74, 6) is 1.15. The minimum atomic E-state index is 0.0418. The number of nitrogens with zero attached hydrogens (tertiary/aromatic N) is 1. The van der Waals surface area contributed by atoms with Crippen LogP contribution in [0.4, 0.5) is 0 Å². The number of ether oxygens (including phenoxy) is 1. The SMILES string of the molecule is CC(CBr)COc1ccc2cc(C(C)N)ccc2n1. The lowest BCUT2D eigenvalue weighted by Gasteiger charge is -2.11. The van der Waals surface area contributed by atoms with Crippen LogP contribution in [0.2, 0.25) is 0 Å². The Bertz CT molecular complexity index is 557. The molecule has 2 unspecified atom stereocenters. The number of aromatic nitrogens is 1. The van der Waals surface area contributed by atoms with E-state index in [1.807, 2.05) is 31.2 Å². The van der Waals surface area contributed by atoms with Crippen molar-refractivity contribution in [2.75, 3.05) is 11.9 Å². The van der Waals surface area contributed by atoms with Crippen LogP contribution >= 0.6 is 15.9 Å². The molecule has 2 aromatic rings. The lowest BCUT2D eigenvalue weighted by molar-refractivity contribution is 0.265. The maximum atomic E-state index is 5.88. The van der Waals surface area contributed by atoms with Crippen LogP contribution in [-0.4, -0.2) is 16.9 Å². The number of benzene rings is 1. The molecule has 0 saturated heterocycles. The molecule has 3 nitrogen and oxygen atoms in total. The normalized spacial score (nSPS) is 14.3. The van der Waals surface area contributed by atoms with Crippen LogP contribution in [0, 0.1) is 5.92 Å². The van der Waals surface area contributed by atoms with Gasteiger partial charge in [-0.15, -0.1) is 0 Å². The van der Waals surface area contributed by atoms with Crippen molar-refractivity contribution in [1.82, 2.24) is 4.98 Å². The Labute approximate surface area is 122 Å². The van der Waals surface area contributed by atoms with E-state index < -0.39 is 0 Å². The van der Waals surface area contributed by atoms with Gasteiger partial charge in [0, 0.05) is 22.8 Å². The van der Waals surface area contributed by atoms with Gasteiger partial charge in [0.15, 0.2) is 0 Å². The topological polar surface area (TPSA) is 48.1 Å². The van der Waals surface area contributed by atoms with E-state index in [1.165, 1.54) is 0 Å². The summed E-state index contributed by atoms with van der Waals surface area (Å²) in [6, 6.07) is 10.1. The fraction of sp³-hybridized carbons (Fsp3) is 0.400. The quantitative estimate of drug-likeness (QED) is 0.854. The van der Waals surface area contributed by atoms with Gasteiger partial charge in [0.25, 0.3) is 0 Å². The van der Waals surface area contributed by atoms with Crippen LogP contribution in [0.15, 0.2) is 30.3 Å². The summed E-state index contributed by atoms with van der Waals surface area (Å²) in [7, 11) is 0. The maximum absolute atomic E-state index is 5.88. The zero-order valence-electron chi connectivity index (χ0n) is 11.3. The van der Waals surface area contributed by atoms with Crippen LogP contribution < -0.4 is 10.5 Å². The second-order valence-corrected chi connectivity index (χ2v) is 5.61. The summed E-state index contributed by atoms with van der Waals surface area (Å²) >= 11 is 3.44. The molecule has 0 radical (unpaired) electrons. The number of alkyl halides is 1. The smallest absolute Gasteiger partial charge is 0.213 e. The highest BCUT2D eigenvalue weighted by Gasteiger charge is 2.05. The number of nitrogens with two attached hydrogens (primary N) is 1. The third kappa shape index (κ3) is 3.67. The predicted octanol–water partition coefficient (Wildman–Crippen LogP) is 3.66. The van der Waals surface area contributed by atoms with E-state index in [4.69, 9.17) is 10.5 Å². The summed E-state index contributed by atoms with van der Waals surface area (Å²) in [4.78, 5) is 4.50. The number of fused-ring (bicyclic) bond motifs is 1. The summed E-state index contributed by atoms with van der Waals surface area (Å²) in [6.45, 7) is 4.78. The summed E-state index contributed by atoms with van der Waals surface area (Å²) < 4.78 is 5.68. The van der Waals surface area contributed by atoms with E-state index in [2.05, 4.69) is 33.9 Å². The first-order valence-electron chi connectivity index (χ1n) is 6.45. The number of hydrogen-bond donors (Lipinski definition) is 1. The molecule has 102 valence electrons. The van der Waals surface area contributed by atoms with Crippen molar-refractivity contribution in [2.24, 2.45) is 11.7 Å². The van der Waals surface area contributed by atoms with Crippen molar-refractivity contribution >= 4 is 26.8 Å². The van der Waals surface area contributed by atoms with Crippen molar-refractivity contribution in [3.63, 3.8) is 0 Å². The van der Waals surface area contributed by atoms with Gasteiger partial charge in [-0.05, 0) is 36.6 Å². The highest BCUT2D eigenvalue weighted by molar-refractivity contribution is 9.09. The molecule has 2 atom stereocenters. The fourth-order valence-corrected chi connectivity index (χ4v) is 1.95. The van der Waals surface area contributed by atoms with Crippen molar-refractivity contribution in [3.8, 4) is 5.88 Å². The fourth-order valence-electron chi connectivity index (χ4n) is 1.76. The van der Waals surface area contributed by atoms with Gasteiger partial charge < -0.3 is 10.5 Å². The Morgan fingerprint density at radius 2 is 2.05 bits per heavy atom. The molecule has 0 aliphatic carbocycles. The molecule has 2 N–H and O–H groups in total. The van der Waals surface area contributed by atoms with Gasteiger partial charge in [0.1, 0.15) is 0 Å². The van der Waals surface area contributed by atoms with Crippen molar-refractivity contribution in [2.45, 2.75) is 19.9 Å². The highest BCUT2D eigenvalue weighted by atomic mass is 79.9. The van der Waals surface area contributed by atoms with Crippen LogP contribution in [0.5, 0.6) is 5.88 Å². The van der Waals surface area contributed by atoms with Gasteiger partial charge >= 0.3 is 0 Å². The Morgan fingerprint density at radius 3 is 2.74 bits per heavy atom. The van der Waals surface area contributed by atoms with Crippen molar-refractivity contribution < 1.29 is 4.74 Å². The minimum absolute atomic E-state index is 0.0418. The molecule has 1 heterocycles. The molecule has 0 bridgehead atoms. The van der Waals surface area contributed by atoms with Gasteiger partial charge in [0.2, 0.25) is 5.88 Å². The van der Waals surface area contributed by atoms with Gasteiger partial charge in [-0.2, -0.15) is 0 Å². The van der Waals surface area contributed by atoms with E-state index >= 15 is 0 Å². The number of hydrogen-bond acceptors (Lipinski definition) is 3. The molecule has 19 heavy (non-hydrogen) atoms. The second kappa shape index (κ2) is 6.35. The van der Waals surface area contributed by atoms with Gasteiger partial charge in [-0.3, -0.25) is 0 Å². The molecule has 0 fully saturated rings. The van der Waals surface area contributed by atoms with Crippen LogP contribution in [-0.2, 0) is 0 Å². The first kappa shape index (κ1) is 14.3. The lowest BCUT2D eigenvalue weighted by Crippen LogP contribution is -2.10. The molecule has 0 spiro atoms. The van der Waals surface area contributed by atoms with Gasteiger partial charge in [0.05, 0.1) is 12.1 Å². The molecular formula is C15H19BrN2O. The predicted molar refractivity (Wildman–Crippen MR) is 82.8 cm³/mol. The van der Waals surface area contributed by atoms with E-state index in [0.717, 1.165) is 21.8 Å².